The van der Waals surface area contributed by atoms with Crippen LogP contribution >= 0.6 is 11.6 Å². The van der Waals surface area contributed by atoms with Gasteiger partial charge < -0.3 is 19.5 Å². The van der Waals surface area contributed by atoms with Crippen LogP contribution in [0.25, 0.3) is 0 Å². The molecule has 1 fully saturated rings. The summed E-state index contributed by atoms with van der Waals surface area (Å²) in [4.78, 5) is 15.6. The molecule has 2 aliphatic heterocycles. The largest absolute Gasteiger partial charge is 0.487 e. The molecule has 5 rings (SSSR count). The average Bonchev–Trinajstić information content (AvgIpc) is 2.96. The number of rotatable bonds is 2. The number of methoxy groups -OCH3 is 1. The smallest absolute Gasteiger partial charge is 0.264 e. The third-order valence-electron chi connectivity index (χ3n) is 9.08. The van der Waals surface area contributed by atoms with Crippen LogP contribution < -0.4 is 14.4 Å². The van der Waals surface area contributed by atoms with Crippen LogP contribution in [0.4, 0.5) is 5.69 Å². The number of ether oxygens (including phenoxy) is 2. The van der Waals surface area contributed by atoms with Gasteiger partial charge in [-0.05, 0) is 91.3 Å². The molecule has 5 atom stereocenters. The maximum absolute atomic E-state index is 13.3. The molecule has 3 aliphatic rings. The van der Waals surface area contributed by atoms with E-state index in [2.05, 4.69) is 9.62 Å². The van der Waals surface area contributed by atoms with Crippen molar-refractivity contribution in [1.82, 2.24) is 4.72 Å². The van der Waals surface area contributed by atoms with E-state index in [0.717, 1.165) is 56.4 Å². The van der Waals surface area contributed by atoms with Crippen LogP contribution in [0.3, 0.4) is 0 Å². The van der Waals surface area contributed by atoms with Crippen molar-refractivity contribution in [2.24, 2.45) is 23.7 Å². The topological polar surface area (TPSA) is 105 Å². The second-order valence-electron chi connectivity index (χ2n) is 11.9. The van der Waals surface area contributed by atoms with E-state index in [0.29, 0.717) is 23.3 Å². The molecular weight excluding hydrogens is 576 g/mol. The number of carbonyl (C=O) groups excluding carboxylic acids is 1. The van der Waals surface area contributed by atoms with Crippen molar-refractivity contribution < 1.29 is 27.8 Å². The van der Waals surface area contributed by atoms with Gasteiger partial charge in [-0.2, -0.15) is 0 Å². The number of fused-ring (bicyclic) bond motifs is 3. The number of benzene rings is 2. The van der Waals surface area contributed by atoms with Crippen molar-refractivity contribution in [2.75, 3.05) is 37.5 Å². The molecule has 0 radical (unpaired) electrons. The molecule has 2 heterocycles. The monoisotopic (exact) mass is 616 g/mol. The summed E-state index contributed by atoms with van der Waals surface area (Å²) in [6.07, 6.45) is 8.59. The van der Waals surface area contributed by atoms with E-state index < -0.39 is 21.8 Å². The number of carbonyl (C=O) groups is 1. The van der Waals surface area contributed by atoms with E-state index in [1.165, 1.54) is 5.56 Å². The Bertz CT molecular complexity index is 1410. The highest BCUT2D eigenvalue weighted by molar-refractivity contribution is 7.90. The van der Waals surface area contributed by atoms with Crippen LogP contribution in [0.1, 0.15) is 54.1 Å². The van der Waals surface area contributed by atoms with E-state index in [1.807, 2.05) is 30.4 Å². The van der Waals surface area contributed by atoms with Gasteiger partial charge >= 0.3 is 0 Å². The molecule has 2 N–H and O–H groups in total. The van der Waals surface area contributed by atoms with E-state index in [1.54, 1.807) is 32.2 Å². The lowest BCUT2D eigenvalue weighted by atomic mass is 9.70. The predicted molar refractivity (Wildman–Crippen MR) is 165 cm³/mol. The van der Waals surface area contributed by atoms with Gasteiger partial charge in [0.25, 0.3) is 5.91 Å². The van der Waals surface area contributed by atoms with Crippen LogP contribution in [0.2, 0.25) is 5.02 Å². The summed E-state index contributed by atoms with van der Waals surface area (Å²) in [5.41, 5.74) is 3.29. The first-order valence-electron chi connectivity index (χ1n) is 14.8. The molecule has 1 saturated carbocycles. The number of sulfonamides is 1. The lowest BCUT2D eigenvalue weighted by Gasteiger charge is -2.43. The zero-order valence-electron chi connectivity index (χ0n) is 24.3. The molecule has 2 aromatic rings. The molecule has 0 spiro atoms. The van der Waals surface area contributed by atoms with Crippen molar-refractivity contribution in [3.05, 3.63) is 70.3 Å². The van der Waals surface area contributed by atoms with E-state index in [4.69, 9.17) is 21.1 Å². The molecule has 0 aromatic heterocycles. The maximum Gasteiger partial charge on any atom is 0.264 e. The van der Waals surface area contributed by atoms with Gasteiger partial charge in [0.15, 0.2) is 0 Å². The van der Waals surface area contributed by atoms with Crippen LogP contribution in [-0.2, 0) is 27.8 Å². The molecule has 2 aromatic carbocycles. The molecule has 0 saturated heterocycles. The quantitative estimate of drug-likeness (QED) is 0.459. The second kappa shape index (κ2) is 13.4. The number of anilines is 1. The summed E-state index contributed by atoms with van der Waals surface area (Å²) in [6.45, 7) is 3.46. The van der Waals surface area contributed by atoms with Crippen molar-refractivity contribution in [3.63, 3.8) is 0 Å². The average molecular weight is 617 g/mol. The second-order valence-corrected chi connectivity index (χ2v) is 14.1. The first-order valence-corrected chi connectivity index (χ1v) is 16.9. The Hall–Kier alpha value is -2.59. The Balaban J connectivity index is 1.54. The molecular formula is C32H41ClN2O6S. The summed E-state index contributed by atoms with van der Waals surface area (Å²) in [7, 11) is -2.26. The number of hydrogen-bond donors (Lipinski definition) is 2. The highest BCUT2D eigenvalue weighted by Crippen LogP contribution is 2.41. The summed E-state index contributed by atoms with van der Waals surface area (Å²) >= 11 is 6.31. The fourth-order valence-electron chi connectivity index (χ4n) is 6.41. The van der Waals surface area contributed by atoms with Gasteiger partial charge in [-0.3, -0.25) is 4.79 Å². The zero-order valence-corrected chi connectivity index (χ0v) is 25.9. The number of hydrogen-bond acceptors (Lipinski definition) is 7. The number of aryl methyl sites for hydroxylation is 1. The molecule has 1 amide bonds. The number of nitrogens with one attached hydrogen (secondary N) is 1. The van der Waals surface area contributed by atoms with E-state index in [-0.39, 0.29) is 35.9 Å². The first-order chi connectivity index (χ1) is 20.2. The fraction of sp³-hybridized carbons (Fsp3) is 0.531. The van der Waals surface area contributed by atoms with E-state index >= 15 is 0 Å². The molecule has 8 nitrogen and oxygen atoms in total. The van der Waals surface area contributed by atoms with Gasteiger partial charge in [0.2, 0.25) is 10.0 Å². The SMILES string of the molecule is CO[C@H]1/C=C/[C@@H](CO)[C@@H](C)CS(=O)(=O)NC(=O)c2ccc3c(c2)N(CCCCc2cc(Cl)ccc2CO3)C[C@@H]2CC[C@H]21. The number of aliphatic hydroxyl groups excluding tert-OH is 1. The molecule has 10 heteroatoms. The summed E-state index contributed by atoms with van der Waals surface area (Å²) in [5.74, 6) is -0.453. The van der Waals surface area contributed by atoms with Gasteiger partial charge in [-0.25, -0.2) is 13.1 Å². The molecule has 1 aliphatic carbocycles. The number of aliphatic hydroxyl groups is 1. The van der Waals surface area contributed by atoms with Crippen molar-refractivity contribution >= 4 is 33.2 Å². The summed E-state index contributed by atoms with van der Waals surface area (Å²) in [6, 6.07) is 11.0. The lowest BCUT2D eigenvalue weighted by molar-refractivity contribution is 0.0131. The Labute approximate surface area is 254 Å². The fourth-order valence-corrected chi connectivity index (χ4v) is 8.02. The third kappa shape index (κ3) is 7.13. The zero-order chi connectivity index (χ0) is 29.9. The van der Waals surface area contributed by atoms with Crippen molar-refractivity contribution in [3.8, 4) is 5.75 Å². The Kier molecular flexibility index (Phi) is 9.82. The Morgan fingerprint density at radius 2 is 1.95 bits per heavy atom. The lowest BCUT2D eigenvalue weighted by Crippen LogP contribution is -2.44. The Morgan fingerprint density at radius 3 is 2.69 bits per heavy atom. The first kappa shape index (κ1) is 30.9. The van der Waals surface area contributed by atoms with Crippen molar-refractivity contribution in [1.29, 1.82) is 0 Å². The van der Waals surface area contributed by atoms with Gasteiger partial charge in [0, 0.05) is 43.3 Å². The minimum Gasteiger partial charge on any atom is -0.487 e. The molecule has 2 bridgehead atoms. The minimum absolute atomic E-state index is 0.139. The summed E-state index contributed by atoms with van der Waals surface area (Å²) < 4.78 is 40.6. The Morgan fingerprint density at radius 1 is 1.12 bits per heavy atom. The highest BCUT2D eigenvalue weighted by Gasteiger charge is 2.38. The minimum atomic E-state index is -3.96. The van der Waals surface area contributed by atoms with Gasteiger partial charge in [-0.15, -0.1) is 0 Å². The molecule has 42 heavy (non-hydrogen) atoms. The summed E-state index contributed by atoms with van der Waals surface area (Å²) in [5, 5.41) is 10.7. The predicted octanol–water partition coefficient (Wildman–Crippen LogP) is 4.98. The molecule has 228 valence electrons. The normalized spacial score (nSPS) is 29.0. The third-order valence-corrected chi connectivity index (χ3v) is 10.8. The van der Waals surface area contributed by atoms with Crippen LogP contribution in [-0.4, -0.2) is 58.1 Å². The van der Waals surface area contributed by atoms with Crippen LogP contribution in [0.15, 0.2) is 48.6 Å². The standard InChI is InChI=1S/C32H41ClN2O6S/c1-21-20-42(38,39)34-32(37)23-8-13-31-29(16-23)35(14-4-3-5-22-15-27(33)10-6-26(22)19-41-31)17-24-7-11-28(24)30(40-2)12-9-25(21)18-36/h6,8-10,12-13,15-16,21,24-25,28,30,36H,3-5,7,11,14,17-20H2,1-2H3,(H,34,37)/b12-9+/t21-,24-,25-,28+,30-/m0/s1. The van der Waals surface area contributed by atoms with Gasteiger partial charge in [0.05, 0.1) is 17.5 Å². The van der Waals surface area contributed by atoms with Crippen LogP contribution in [0.5, 0.6) is 5.75 Å². The number of halogens is 1. The number of amides is 1. The maximum atomic E-state index is 13.3. The van der Waals surface area contributed by atoms with Crippen LogP contribution in [0, 0.1) is 23.7 Å². The van der Waals surface area contributed by atoms with Gasteiger partial charge in [-0.1, -0.05) is 36.7 Å². The molecule has 0 unspecified atom stereocenters. The van der Waals surface area contributed by atoms with E-state index in [9.17, 15) is 18.3 Å². The highest BCUT2D eigenvalue weighted by atomic mass is 35.5. The number of nitrogens with zero attached hydrogens (tertiary/aromatic N) is 1. The van der Waals surface area contributed by atoms with Crippen molar-refractivity contribution in [2.45, 2.75) is 51.7 Å². The van der Waals surface area contributed by atoms with Gasteiger partial charge in [0.1, 0.15) is 12.4 Å².